The lowest BCUT2D eigenvalue weighted by atomic mass is 9.98. The molecule has 6 atom stereocenters. The van der Waals surface area contributed by atoms with Gasteiger partial charge in [0.1, 0.15) is 24.4 Å². The number of aliphatic hydroxyl groups is 2. The molecular formula is C14H18O6. The minimum absolute atomic E-state index is 0.0622. The van der Waals surface area contributed by atoms with Crippen molar-refractivity contribution in [2.45, 2.75) is 37.0 Å². The Morgan fingerprint density at radius 1 is 1.20 bits per heavy atom. The maximum absolute atomic E-state index is 10.2. The van der Waals surface area contributed by atoms with Crippen LogP contribution in [0.25, 0.3) is 0 Å². The fourth-order valence-corrected chi connectivity index (χ4v) is 2.42. The topological polar surface area (TPSA) is 77.4 Å². The van der Waals surface area contributed by atoms with Crippen molar-refractivity contribution in [3.8, 4) is 0 Å². The average molecular weight is 283 g/mol. The molecule has 2 N–H and O–H groups in total. The summed E-state index contributed by atoms with van der Waals surface area (Å²) in [5, 5.41) is 20.1. The fraction of sp³-hybridized carbons (Fsp3) is 0.571. The normalized spacial score (nSPS) is 45.5. The van der Waals surface area contributed by atoms with Crippen LogP contribution in [0.15, 0.2) is 30.3 Å². The quantitative estimate of drug-likeness (QED) is 0.807. The molecule has 3 rings (SSSR count). The fourth-order valence-electron chi connectivity index (χ4n) is 2.42. The Morgan fingerprint density at radius 3 is 2.65 bits per heavy atom. The molecule has 110 valence electrons. The van der Waals surface area contributed by atoms with Crippen molar-refractivity contribution in [3.05, 3.63) is 35.9 Å². The Morgan fingerprint density at radius 2 is 1.95 bits per heavy atom. The van der Waals surface area contributed by atoms with Gasteiger partial charge in [0.05, 0.1) is 7.98 Å². The number of hydrogen-bond acceptors (Lipinski definition) is 6. The minimum atomic E-state index is -1.73. The predicted octanol–water partition coefficient (Wildman–Crippen LogP) is 0.194. The van der Waals surface area contributed by atoms with Crippen LogP contribution in [-0.4, -0.2) is 54.6 Å². The van der Waals surface area contributed by atoms with E-state index in [0.29, 0.717) is 5.56 Å². The zero-order valence-corrected chi connectivity index (χ0v) is 11.0. The highest BCUT2D eigenvalue weighted by Crippen LogP contribution is 2.33. The summed E-state index contributed by atoms with van der Waals surface area (Å²) >= 11 is 0. The predicted molar refractivity (Wildman–Crippen MR) is 67.7 cm³/mol. The van der Waals surface area contributed by atoms with Crippen LogP contribution < -0.4 is 0 Å². The molecule has 0 bridgehead atoms. The van der Waals surface area contributed by atoms with Crippen molar-refractivity contribution in [1.82, 2.24) is 0 Å². The summed E-state index contributed by atoms with van der Waals surface area (Å²) in [7, 11) is 1.38. The van der Waals surface area contributed by atoms with Gasteiger partial charge in [0, 0.05) is 12.7 Å². The molecule has 2 aliphatic heterocycles. The van der Waals surface area contributed by atoms with Gasteiger partial charge >= 0.3 is 0 Å². The minimum Gasteiger partial charge on any atom is -0.387 e. The molecule has 0 saturated carbocycles. The second kappa shape index (κ2) is 5.77. The molecule has 20 heavy (non-hydrogen) atoms. The largest absolute Gasteiger partial charge is 0.387 e. The number of hydrogen-bond donors (Lipinski definition) is 2. The molecule has 0 aliphatic carbocycles. The van der Waals surface area contributed by atoms with Gasteiger partial charge in [-0.15, -0.1) is 0 Å². The molecule has 2 saturated heterocycles. The number of benzene rings is 1. The molecule has 0 aromatic heterocycles. The molecule has 0 spiro atoms. The first kappa shape index (κ1) is 12.7. The summed E-state index contributed by atoms with van der Waals surface area (Å²) in [6.07, 6.45) is -6.59. The van der Waals surface area contributed by atoms with E-state index in [2.05, 4.69) is 0 Å². The van der Waals surface area contributed by atoms with E-state index >= 15 is 0 Å². The molecular weight excluding hydrogens is 264 g/mol. The SMILES string of the molecule is [2H][C@@]1(c2ccccc2)OC[C@H]2O[C@H](OC)[C@H](O)[C@@H](O)[C@@H]2O1. The molecule has 1 aromatic carbocycles. The van der Waals surface area contributed by atoms with Crippen LogP contribution in [0.1, 0.15) is 13.2 Å². The lowest BCUT2D eigenvalue weighted by molar-refractivity contribution is -0.358. The first-order chi connectivity index (χ1) is 10.0. The zero-order valence-electron chi connectivity index (χ0n) is 12.0. The van der Waals surface area contributed by atoms with Gasteiger partial charge in [0.25, 0.3) is 0 Å². The van der Waals surface area contributed by atoms with Crippen molar-refractivity contribution >= 4 is 0 Å². The van der Waals surface area contributed by atoms with Crippen molar-refractivity contribution in [3.63, 3.8) is 0 Å². The Kier molecular flexibility index (Phi) is 3.66. The first-order valence-electron chi connectivity index (χ1n) is 6.97. The van der Waals surface area contributed by atoms with Crippen LogP contribution in [0.5, 0.6) is 0 Å². The zero-order chi connectivity index (χ0) is 15.0. The summed E-state index contributed by atoms with van der Waals surface area (Å²) < 4.78 is 29.8. The van der Waals surface area contributed by atoms with E-state index in [4.69, 9.17) is 20.3 Å². The molecule has 2 heterocycles. The maximum atomic E-state index is 10.2. The van der Waals surface area contributed by atoms with Crippen LogP contribution in [-0.2, 0) is 18.9 Å². The van der Waals surface area contributed by atoms with Gasteiger partial charge in [-0.25, -0.2) is 0 Å². The lowest BCUT2D eigenvalue weighted by Crippen LogP contribution is -2.62. The second-order valence-electron chi connectivity index (χ2n) is 4.81. The Balaban J connectivity index is 1.82. The summed E-state index contributed by atoms with van der Waals surface area (Å²) in [6, 6.07) is 8.78. The van der Waals surface area contributed by atoms with E-state index in [0.717, 1.165) is 0 Å². The number of ether oxygens (including phenoxy) is 4. The summed E-state index contributed by atoms with van der Waals surface area (Å²) in [5.74, 6) is 0. The smallest absolute Gasteiger partial charge is 0.186 e. The Bertz CT molecular complexity index is 484. The van der Waals surface area contributed by atoms with Gasteiger partial charge in [-0.1, -0.05) is 30.3 Å². The van der Waals surface area contributed by atoms with Gasteiger partial charge in [-0.05, 0) is 0 Å². The standard InChI is InChI=1S/C14H18O6/c1-17-14-11(16)10(15)12-9(19-14)7-18-13(20-12)8-5-3-2-4-6-8/h2-6,9-16H,7H2,1H3/t9-,10-,11-,12-,13-,14+/m1/s1/i13D. The average Bonchev–Trinajstić information content (AvgIpc) is 2.52. The van der Waals surface area contributed by atoms with Gasteiger partial charge in [0.15, 0.2) is 12.6 Å². The third-order valence-electron chi connectivity index (χ3n) is 3.50. The van der Waals surface area contributed by atoms with E-state index in [1.807, 2.05) is 6.07 Å². The molecule has 6 nitrogen and oxygen atoms in total. The molecule has 2 aliphatic rings. The number of fused-ring (bicyclic) bond motifs is 1. The molecule has 0 unspecified atom stereocenters. The summed E-state index contributed by atoms with van der Waals surface area (Å²) in [5.41, 5.74) is 0.513. The molecule has 6 heteroatoms. The van der Waals surface area contributed by atoms with Crippen molar-refractivity contribution in [2.75, 3.05) is 13.7 Å². The van der Waals surface area contributed by atoms with Gasteiger partial charge in [0.2, 0.25) is 0 Å². The van der Waals surface area contributed by atoms with Gasteiger partial charge in [-0.3, -0.25) is 0 Å². The third-order valence-corrected chi connectivity index (χ3v) is 3.50. The van der Waals surface area contributed by atoms with Crippen LogP contribution in [0.2, 0.25) is 0 Å². The highest BCUT2D eigenvalue weighted by molar-refractivity contribution is 5.16. The van der Waals surface area contributed by atoms with Crippen molar-refractivity contribution in [2.24, 2.45) is 0 Å². The van der Waals surface area contributed by atoms with E-state index in [9.17, 15) is 10.2 Å². The summed E-state index contributed by atoms with van der Waals surface area (Å²) in [6.45, 7) is 0.0622. The van der Waals surface area contributed by atoms with Crippen LogP contribution >= 0.6 is 0 Å². The van der Waals surface area contributed by atoms with Crippen molar-refractivity contribution < 1.29 is 30.5 Å². The maximum Gasteiger partial charge on any atom is 0.186 e. The Hall–Kier alpha value is -1.02. The first-order valence-corrected chi connectivity index (χ1v) is 6.47. The van der Waals surface area contributed by atoms with Crippen molar-refractivity contribution in [1.29, 1.82) is 0 Å². The molecule has 0 radical (unpaired) electrons. The number of aliphatic hydroxyl groups excluding tert-OH is 2. The van der Waals surface area contributed by atoms with E-state index in [1.165, 1.54) is 7.11 Å². The number of methoxy groups -OCH3 is 1. The molecule has 0 amide bonds. The van der Waals surface area contributed by atoms with E-state index in [1.54, 1.807) is 24.3 Å². The van der Waals surface area contributed by atoms with E-state index in [-0.39, 0.29) is 6.61 Å². The molecule has 2 fully saturated rings. The molecule has 1 aromatic rings. The van der Waals surface area contributed by atoms with Crippen LogP contribution in [0.3, 0.4) is 0 Å². The van der Waals surface area contributed by atoms with Gasteiger partial charge in [-0.2, -0.15) is 0 Å². The second-order valence-corrected chi connectivity index (χ2v) is 4.81. The number of rotatable bonds is 2. The highest BCUT2D eigenvalue weighted by atomic mass is 16.7. The summed E-state index contributed by atoms with van der Waals surface area (Å²) in [4.78, 5) is 0. The van der Waals surface area contributed by atoms with Crippen LogP contribution in [0.4, 0.5) is 0 Å². The lowest BCUT2D eigenvalue weighted by Gasteiger charge is -2.45. The van der Waals surface area contributed by atoms with E-state index < -0.39 is 37.0 Å². The third kappa shape index (κ3) is 2.46. The highest BCUT2D eigenvalue weighted by Gasteiger charge is 2.48. The Labute approximate surface area is 118 Å². The monoisotopic (exact) mass is 283 g/mol. The van der Waals surface area contributed by atoms with Gasteiger partial charge < -0.3 is 29.2 Å². The van der Waals surface area contributed by atoms with Crippen LogP contribution in [0, 0.1) is 0 Å².